The number of fused-ring (bicyclic) bond motifs is 6. The van der Waals surface area contributed by atoms with Gasteiger partial charge in [0, 0.05) is 21.3 Å². The van der Waals surface area contributed by atoms with Gasteiger partial charge in [-0.2, -0.15) is 0 Å². The van der Waals surface area contributed by atoms with Crippen LogP contribution in [-0.2, 0) is 6.42 Å². The van der Waals surface area contributed by atoms with Gasteiger partial charge < -0.3 is 4.90 Å². The lowest BCUT2D eigenvalue weighted by molar-refractivity contribution is 0.990. The highest BCUT2D eigenvalue weighted by Crippen LogP contribution is 2.48. The predicted octanol–water partition coefficient (Wildman–Crippen LogP) is 8.42. The minimum absolute atomic E-state index is 1.04. The molecule has 0 saturated carbocycles. The van der Waals surface area contributed by atoms with Crippen molar-refractivity contribution in [3.8, 4) is 0 Å². The van der Waals surface area contributed by atoms with Crippen LogP contribution in [-0.4, -0.2) is 7.28 Å². The third kappa shape index (κ3) is 3.45. The van der Waals surface area contributed by atoms with E-state index < -0.39 is 0 Å². The van der Waals surface area contributed by atoms with Crippen LogP contribution in [0.3, 0.4) is 0 Å². The number of anilines is 1. The van der Waals surface area contributed by atoms with E-state index in [-0.39, 0.29) is 0 Å². The Bertz CT molecular complexity index is 1790. The summed E-state index contributed by atoms with van der Waals surface area (Å²) >= 11 is 1.84. The summed E-state index contributed by atoms with van der Waals surface area (Å²) in [5.74, 6) is 0. The van der Waals surface area contributed by atoms with E-state index in [1.54, 1.807) is 0 Å². The molecule has 0 spiro atoms. The summed E-state index contributed by atoms with van der Waals surface area (Å²) in [6, 6.07) is 27.0. The molecule has 5 aromatic rings. The maximum absolute atomic E-state index is 4.69. The van der Waals surface area contributed by atoms with Crippen LogP contribution in [0.15, 0.2) is 85.5 Å². The van der Waals surface area contributed by atoms with Crippen LogP contribution in [0.2, 0.25) is 6.82 Å². The van der Waals surface area contributed by atoms with E-state index in [4.69, 9.17) is 6.58 Å². The molecule has 0 atom stereocenters. The van der Waals surface area contributed by atoms with Crippen molar-refractivity contribution < 1.29 is 0 Å². The molecule has 1 aliphatic heterocycles. The number of hydrogen-bond acceptors (Lipinski definition) is 2. The predicted molar refractivity (Wildman–Crippen MR) is 166 cm³/mol. The summed E-state index contributed by atoms with van der Waals surface area (Å²) < 4.78 is 1.31. The largest absolute Gasteiger partial charge is 0.309 e. The second-order valence-corrected chi connectivity index (χ2v) is 11.1. The zero-order chi connectivity index (χ0) is 25.1. The fraction of sp³-hybridized carbons (Fsp3) is 0.118. The minimum Gasteiger partial charge on any atom is -0.309 e. The van der Waals surface area contributed by atoms with Gasteiger partial charge in [0.05, 0.1) is 16.3 Å². The standard InChI is InChI=1S/C34H28BNS/c1-21-26-17-14-23-8-4-5-9-27(23)28(26)18-19-31(21)36-22(2)34-30(29-10-6-7-11-33(29)37-34)20-32(36)24-12-15-25(35-3)16-13-24/h5-7,9-20,35H,2,4,8H2,1,3H3. The Kier molecular flexibility index (Phi) is 5.23. The van der Waals surface area contributed by atoms with E-state index in [1.165, 1.54) is 70.4 Å². The second-order valence-electron chi connectivity index (χ2n) is 10.1. The second kappa shape index (κ2) is 8.64. The van der Waals surface area contributed by atoms with Crippen LogP contribution in [0.4, 0.5) is 5.69 Å². The van der Waals surface area contributed by atoms with Gasteiger partial charge in [0.2, 0.25) is 0 Å². The molecule has 0 amide bonds. The monoisotopic (exact) mass is 493 g/mol. The molecule has 4 aromatic carbocycles. The number of thiophene rings is 1. The highest BCUT2D eigenvalue weighted by Gasteiger charge is 2.29. The van der Waals surface area contributed by atoms with Crippen LogP contribution < -0.4 is 10.4 Å². The molecule has 2 heterocycles. The van der Waals surface area contributed by atoms with E-state index in [9.17, 15) is 0 Å². The van der Waals surface area contributed by atoms with Crippen molar-refractivity contribution in [2.24, 2.45) is 0 Å². The Hall–Kier alpha value is -3.82. The Morgan fingerprint density at radius 3 is 2.51 bits per heavy atom. The summed E-state index contributed by atoms with van der Waals surface area (Å²) in [5.41, 5.74) is 11.4. The van der Waals surface area contributed by atoms with Crippen LogP contribution in [0, 0.1) is 6.92 Å². The highest BCUT2D eigenvalue weighted by molar-refractivity contribution is 7.20. The fourth-order valence-corrected chi connectivity index (χ4v) is 7.12. The van der Waals surface area contributed by atoms with Gasteiger partial charge in [0.1, 0.15) is 0 Å². The van der Waals surface area contributed by atoms with Crippen molar-refractivity contribution in [2.75, 3.05) is 4.90 Å². The van der Waals surface area contributed by atoms with E-state index >= 15 is 0 Å². The van der Waals surface area contributed by atoms with Crippen LogP contribution in [0.25, 0.3) is 44.4 Å². The molecule has 37 heavy (non-hydrogen) atoms. The van der Waals surface area contributed by atoms with Gasteiger partial charge in [-0.3, -0.25) is 0 Å². The number of nitrogens with zero attached hydrogens (tertiary/aromatic N) is 1. The maximum Gasteiger partial charge on any atom is 0.154 e. The quantitative estimate of drug-likeness (QED) is 0.228. The molecule has 0 unspecified atom stereocenters. The van der Waals surface area contributed by atoms with Gasteiger partial charge in [-0.1, -0.05) is 91.7 Å². The molecule has 2 aliphatic rings. The SMILES string of the molecule is C=C1c2sc3ccccc3c2C=C(c2ccc(BC)cc2)N1c1ccc2c3c(ccc2c1C)CCC=C3. The van der Waals surface area contributed by atoms with E-state index in [0.29, 0.717) is 0 Å². The molecular formula is C34H28BNS. The Morgan fingerprint density at radius 2 is 1.68 bits per heavy atom. The molecule has 0 fully saturated rings. The number of allylic oxidation sites excluding steroid dienone is 1. The van der Waals surface area contributed by atoms with Gasteiger partial charge in [-0.05, 0) is 71.0 Å². The molecule has 1 aliphatic carbocycles. The third-order valence-corrected chi connectivity index (χ3v) is 9.26. The van der Waals surface area contributed by atoms with Crippen LogP contribution in [0.1, 0.15) is 39.1 Å². The maximum atomic E-state index is 4.69. The van der Waals surface area contributed by atoms with Crippen molar-refractivity contribution in [3.05, 3.63) is 118 Å². The number of rotatable bonds is 3. The zero-order valence-corrected chi connectivity index (χ0v) is 22.2. The van der Waals surface area contributed by atoms with Crippen molar-refractivity contribution >= 4 is 74.2 Å². The molecule has 3 heteroatoms. The lowest BCUT2D eigenvalue weighted by Crippen LogP contribution is -2.23. The van der Waals surface area contributed by atoms with E-state index in [1.807, 2.05) is 11.3 Å². The van der Waals surface area contributed by atoms with Gasteiger partial charge in [0.25, 0.3) is 0 Å². The highest BCUT2D eigenvalue weighted by atomic mass is 32.1. The molecule has 1 nitrogen and oxygen atoms in total. The van der Waals surface area contributed by atoms with Crippen LogP contribution >= 0.6 is 11.3 Å². The molecule has 1 aromatic heterocycles. The summed E-state index contributed by atoms with van der Waals surface area (Å²) in [6.45, 7) is 9.17. The first-order valence-corrected chi connectivity index (χ1v) is 14.0. The molecule has 0 bridgehead atoms. The smallest absolute Gasteiger partial charge is 0.154 e. The summed E-state index contributed by atoms with van der Waals surface area (Å²) in [4.78, 5) is 3.64. The zero-order valence-electron chi connectivity index (χ0n) is 21.3. The van der Waals surface area contributed by atoms with Gasteiger partial charge in [-0.25, -0.2) is 0 Å². The first-order chi connectivity index (χ1) is 18.1. The lowest BCUT2D eigenvalue weighted by Gasteiger charge is -2.34. The van der Waals surface area contributed by atoms with Crippen molar-refractivity contribution in [1.82, 2.24) is 0 Å². The molecule has 178 valence electrons. The lowest BCUT2D eigenvalue weighted by atomic mass is 9.73. The van der Waals surface area contributed by atoms with Crippen molar-refractivity contribution in [1.29, 1.82) is 0 Å². The van der Waals surface area contributed by atoms with Gasteiger partial charge in [-0.15, -0.1) is 11.3 Å². The number of benzene rings is 4. The Balaban J connectivity index is 1.46. The summed E-state index contributed by atoms with van der Waals surface area (Å²) in [7, 11) is 1.04. The normalized spacial score (nSPS) is 14.6. The van der Waals surface area contributed by atoms with Crippen molar-refractivity contribution in [3.63, 3.8) is 0 Å². The molecule has 0 saturated heterocycles. The molecule has 7 rings (SSSR count). The molecule has 0 N–H and O–H groups in total. The average molecular weight is 493 g/mol. The Morgan fingerprint density at radius 1 is 0.865 bits per heavy atom. The first kappa shape index (κ1) is 22.4. The average Bonchev–Trinajstić information content (AvgIpc) is 3.33. The van der Waals surface area contributed by atoms with Gasteiger partial charge >= 0.3 is 0 Å². The first-order valence-electron chi connectivity index (χ1n) is 13.2. The Labute approximate surface area is 223 Å². The topological polar surface area (TPSA) is 3.24 Å². The number of aryl methyl sites for hydroxylation is 2. The number of hydrogen-bond donors (Lipinski definition) is 0. The summed E-state index contributed by atoms with van der Waals surface area (Å²) in [5, 5.41) is 3.97. The van der Waals surface area contributed by atoms with E-state index in [0.717, 1.165) is 25.8 Å². The fourth-order valence-electron chi connectivity index (χ4n) is 5.98. The summed E-state index contributed by atoms with van der Waals surface area (Å²) in [6.07, 6.45) is 9.25. The molecule has 0 radical (unpaired) electrons. The third-order valence-electron chi connectivity index (χ3n) is 8.03. The minimum atomic E-state index is 1.04. The van der Waals surface area contributed by atoms with Crippen LogP contribution in [0.5, 0.6) is 0 Å². The van der Waals surface area contributed by atoms with E-state index in [2.05, 4.69) is 110 Å². The van der Waals surface area contributed by atoms with Gasteiger partial charge in [0.15, 0.2) is 7.28 Å². The molecular weight excluding hydrogens is 465 g/mol. The van der Waals surface area contributed by atoms with Crippen molar-refractivity contribution in [2.45, 2.75) is 26.6 Å².